The van der Waals surface area contributed by atoms with E-state index in [4.69, 9.17) is 26.9 Å². The van der Waals surface area contributed by atoms with Crippen LogP contribution in [0.4, 0.5) is 5.69 Å². The third-order valence-corrected chi connectivity index (χ3v) is 4.97. The molecule has 0 saturated heterocycles. The van der Waals surface area contributed by atoms with E-state index in [-0.39, 0.29) is 16.4 Å². The smallest absolute Gasteiger partial charge is 0.379 e. The van der Waals surface area contributed by atoms with Crippen LogP contribution in [0.25, 0.3) is 5.76 Å². The summed E-state index contributed by atoms with van der Waals surface area (Å²) < 4.78 is 14.9. The molecule has 0 aromatic heterocycles. The van der Waals surface area contributed by atoms with E-state index in [1.807, 2.05) is 12.1 Å². The van der Waals surface area contributed by atoms with E-state index in [9.17, 15) is 19.9 Å². The first-order valence-electron chi connectivity index (χ1n) is 10.1. The number of nitrogens with zero attached hydrogens (tertiary/aromatic N) is 1. The third-order valence-electron chi connectivity index (χ3n) is 4.72. The minimum Gasteiger partial charge on any atom is -0.595 e. The zero-order chi connectivity index (χ0) is 26.0. The van der Waals surface area contributed by atoms with Gasteiger partial charge >= 0.3 is 5.97 Å². The molecule has 4 N–H and O–H groups in total. The topological polar surface area (TPSA) is 154 Å². The molecule has 2 aromatic carbocycles. The number of quaternary nitrogens is 1. The van der Waals surface area contributed by atoms with E-state index in [1.165, 1.54) is 24.3 Å². The van der Waals surface area contributed by atoms with Crippen LogP contribution >= 0.6 is 12.2 Å². The molecule has 1 atom stereocenters. The lowest BCUT2D eigenvalue weighted by Crippen LogP contribution is -2.99. The molecule has 0 saturated carbocycles. The van der Waals surface area contributed by atoms with Gasteiger partial charge in [-0.3, -0.25) is 4.79 Å². The first-order valence-corrected chi connectivity index (χ1v) is 10.5. The van der Waals surface area contributed by atoms with E-state index in [2.05, 4.69) is 15.0 Å². The lowest BCUT2D eigenvalue weighted by Gasteiger charge is -2.12. The second kappa shape index (κ2) is 13.2. The number of aliphatic hydroxyl groups is 1. The molecule has 0 bridgehead atoms. The highest BCUT2D eigenvalue weighted by molar-refractivity contribution is 7.80. The van der Waals surface area contributed by atoms with Gasteiger partial charge in [0, 0.05) is 30.5 Å². The number of carbonyl (C=O) groups is 2. The van der Waals surface area contributed by atoms with E-state index in [1.54, 1.807) is 20.3 Å². The van der Waals surface area contributed by atoms with Crippen LogP contribution in [-0.2, 0) is 20.7 Å². The minimum absolute atomic E-state index is 0.00895. The number of hydrogen-bond donors (Lipinski definition) is 4. The van der Waals surface area contributed by atoms with Crippen LogP contribution in [0.15, 0.2) is 53.0 Å². The number of nitrogens with one attached hydrogen (secondary N) is 2. The number of methoxy groups -OCH3 is 3. The number of ketones is 1. The second-order valence-corrected chi connectivity index (χ2v) is 7.28. The fraction of sp³-hybridized carbons (Fsp3) is 0.217. The molecule has 0 radical (unpaired) electrons. The van der Waals surface area contributed by atoms with Crippen LogP contribution in [0.3, 0.4) is 0 Å². The van der Waals surface area contributed by atoms with Crippen molar-refractivity contribution in [1.82, 2.24) is 5.32 Å². The number of thiocarbonyl (C=S) groups is 1. The SMILES string of the molecule is COC(=O)C(=O)C(/C=N\C(=S)NCCc1ccc(OC)c(OC)c1)=C(/O)c1ccc([NH+]([O-])O)cc1. The Morgan fingerprint density at radius 2 is 1.77 bits per heavy atom. The highest BCUT2D eigenvalue weighted by atomic mass is 32.1. The minimum atomic E-state index is -1.22. The molecular weight excluding hydrogens is 478 g/mol. The molecule has 2 rings (SSSR count). The Labute approximate surface area is 206 Å². The Morgan fingerprint density at radius 1 is 1.11 bits per heavy atom. The highest BCUT2D eigenvalue weighted by Gasteiger charge is 2.23. The van der Waals surface area contributed by atoms with Gasteiger partial charge in [-0.25, -0.2) is 15.0 Å². The summed E-state index contributed by atoms with van der Waals surface area (Å²) in [5.41, 5.74) is 0.562. The summed E-state index contributed by atoms with van der Waals surface area (Å²) in [5.74, 6) is -1.75. The van der Waals surface area contributed by atoms with Crippen LogP contribution in [0.5, 0.6) is 11.5 Å². The summed E-state index contributed by atoms with van der Waals surface area (Å²) in [6, 6.07) is 10.5. The van der Waals surface area contributed by atoms with Gasteiger partial charge in [0.05, 0.1) is 26.9 Å². The van der Waals surface area contributed by atoms with Crippen LogP contribution < -0.4 is 20.0 Å². The van der Waals surface area contributed by atoms with Crippen molar-refractivity contribution in [1.29, 1.82) is 0 Å². The summed E-state index contributed by atoms with van der Waals surface area (Å²) >= 11 is 5.15. The molecule has 0 amide bonds. The van der Waals surface area contributed by atoms with Gasteiger partial charge in [-0.15, -0.1) is 0 Å². The van der Waals surface area contributed by atoms with Crippen molar-refractivity contribution in [3.05, 3.63) is 64.4 Å². The normalized spacial score (nSPS) is 12.5. The van der Waals surface area contributed by atoms with Gasteiger partial charge in [0.1, 0.15) is 5.76 Å². The number of rotatable bonds is 10. The zero-order valence-electron chi connectivity index (χ0n) is 19.2. The molecule has 0 aliphatic carbocycles. The standard InChI is InChI=1S/C23H25N3O8S/c1-32-18-9-4-14(12-19(18)33-2)10-11-24-23(35)25-13-17(21(28)22(29)34-3)20(27)15-5-7-16(8-6-15)26(30)31/h4-9,12-13,26-27,30H,10-11H2,1-3H3,(H,24,35)/b20-17+,25-13-. The highest BCUT2D eigenvalue weighted by Crippen LogP contribution is 2.27. The quantitative estimate of drug-likeness (QED) is 0.0709. The molecule has 0 heterocycles. The molecule has 1 unspecified atom stereocenters. The lowest BCUT2D eigenvalue weighted by atomic mass is 10.1. The van der Waals surface area contributed by atoms with Crippen molar-refractivity contribution in [2.45, 2.75) is 6.42 Å². The molecule has 0 aliphatic rings. The molecule has 11 nitrogen and oxygen atoms in total. The number of esters is 1. The largest absolute Gasteiger partial charge is 0.595 e. The van der Waals surface area contributed by atoms with Crippen molar-refractivity contribution < 1.29 is 39.3 Å². The molecule has 2 aromatic rings. The van der Waals surface area contributed by atoms with Crippen LogP contribution in [0.1, 0.15) is 11.1 Å². The number of hydrogen-bond acceptors (Lipinski definition) is 9. The van der Waals surface area contributed by atoms with Gasteiger partial charge in [-0.1, -0.05) is 6.07 Å². The van der Waals surface area contributed by atoms with Gasteiger partial charge in [0.15, 0.2) is 22.3 Å². The Balaban J connectivity index is 2.15. The fourth-order valence-electron chi connectivity index (χ4n) is 2.87. The first-order chi connectivity index (χ1) is 16.7. The molecule has 0 aliphatic heterocycles. The van der Waals surface area contributed by atoms with Gasteiger partial charge in [-0.2, -0.15) is 5.23 Å². The van der Waals surface area contributed by atoms with Gasteiger partial charge in [0.2, 0.25) is 0 Å². The zero-order valence-corrected chi connectivity index (χ0v) is 20.0. The van der Waals surface area contributed by atoms with Crippen molar-refractivity contribution >= 4 is 46.7 Å². The van der Waals surface area contributed by atoms with Crippen molar-refractivity contribution in [2.75, 3.05) is 27.9 Å². The summed E-state index contributed by atoms with van der Waals surface area (Å²) in [7, 11) is 4.11. The predicted molar refractivity (Wildman–Crippen MR) is 131 cm³/mol. The maximum absolute atomic E-state index is 12.4. The second-order valence-electron chi connectivity index (χ2n) is 6.89. The number of benzene rings is 2. The van der Waals surface area contributed by atoms with Crippen LogP contribution in [0, 0.1) is 5.21 Å². The van der Waals surface area contributed by atoms with Crippen molar-refractivity contribution in [3.8, 4) is 11.5 Å². The van der Waals surface area contributed by atoms with Crippen LogP contribution in [0.2, 0.25) is 0 Å². The van der Waals surface area contributed by atoms with Crippen molar-refractivity contribution in [2.24, 2.45) is 4.99 Å². The van der Waals surface area contributed by atoms with E-state index in [0.717, 1.165) is 18.9 Å². The van der Waals surface area contributed by atoms with E-state index >= 15 is 0 Å². The van der Waals surface area contributed by atoms with E-state index in [0.29, 0.717) is 24.5 Å². The Morgan fingerprint density at radius 3 is 2.34 bits per heavy atom. The number of aliphatic hydroxyl groups excluding tert-OH is 1. The maximum atomic E-state index is 12.4. The third kappa shape index (κ3) is 7.58. The molecule has 0 fully saturated rings. The molecule has 0 spiro atoms. The average Bonchev–Trinajstić information content (AvgIpc) is 2.87. The number of aliphatic imine (C=N–C) groups is 1. The Bertz CT molecular complexity index is 1130. The number of Topliss-reactive ketones (excluding diaryl/α,β-unsaturated/α-hetero) is 1. The number of carbonyl (C=O) groups excluding carboxylic acids is 2. The fourth-order valence-corrected chi connectivity index (χ4v) is 3.03. The summed E-state index contributed by atoms with van der Waals surface area (Å²) in [6.45, 7) is 0.401. The van der Waals surface area contributed by atoms with Gasteiger partial charge in [-0.05, 0) is 48.5 Å². The summed E-state index contributed by atoms with van der Waals surface area (Å²) in [6.07, 6.45) is 1.52. The monoisotopic (exact) mass is 503 g/mol. The Kier molecular flexibility index (Phi) is 10.3. The average molecular weight is 504 g/mol. The molecule has 12 heteroatoms. The summed E-state index contributed by atoms with van der Waals surface area (Å²) in [5, 5.41) is 32.4. The maximum Gasteiger partial charge on any atom is 0.379 e. The predicted octanol–water partition coefficient (Wildman–Crippen LogP) is 1.31. The van der Waals surface area contributed by atoms with Crippen LogP contribution in [-0.4, -0.2) is 61.3 Å². The number of ether oxygens (including phenoxy) is 3. The van der Waals surface area contributed by atoms with Gasteiger partial charge in [0.25, 0.3) is 5.78 Å². The Hall–Kier alpha value is -3.84. The molecular formula is C23H25N3O8S. The summed E-state index contributed by atoms with van der Waals surface area (Å²) in [4.78, 5) is 28.2. The molecule has 186 valence electrons. The van der Waals surface area contributed by atoms with Crippen molar-refractivity contribution in [3.63, 3.8) is 0 Å². The first kappa shape index (κ1) is 27.4. The van der Waals surface area contributed by atoms with Gasteiger partial charge < -0.3 is 29.8 Å². The van der Waals surface area contributed by atoms with E-state index < -0.39 is 28.3 Å². The lowest BCUT2D eigenvalue weighted by molar-refractivity contribution is -0.991. The molecule has 35 heavy (non-hydrogen) atoms.